The van der Waals surface area contributed by atoms with Crippen molar-refractivity contribution < 1.29 is 0 Å². The quantitative estimate of drug-likeness (QED) is 0.183. The molecule has 1 aromatic rings. The lowest BCUT2D eigenvalue weighted by atomic mass is 10.0. The molecule has 0 fully saturated rings. The SMILES string of the molecule is CCCCCCCCCCCCCCc1cc(S)cc(I)c1. The van der Waals surface area contributed by atoms with Gasteiger partial charge in [0, 0.05) is 8.47 Å². The molecule has 22 heavy (non-hydrogen) atoms. The molecule has 0 saturated heterocycles. The Balaban J connectivity index is 1.89. The number of hydrogen-bond donors (Lipinski definition) is 1. The summed E-state index contributed by atoms with van der Waals surface area (Å²) in [6.45, 7) is 2.29. The van der Waals surface area contributed by atoms with E-state index in [-0.39, 0.29) is 0 Å². The molecule has 0 aliphatic carbocycles. The van der Waals surface area contributed by atoms with Crippen LogP contribution < -0.4 is 0 Å². The fraction of sp³-hybridized carbons (Fsp3) is 0.700. The summed E-state index contributed by atoms with van der Waals surface area (Å²) >= 11 is 6.84. The van der Waals surface area contributed by atoms with Gasteiger partial charge < -0.3 is 0 Å². The number of benzene rings is 1. The molecule has 0 saturated carbocycles. The second kappa shape index (κ2) is 13.7. The van der Waals surface area contributed by atoms with E-state index in [4.69, 9.17) is 0 Å². The van der Waals surface area contributed by atoms with Gasteiger partial charge in [-0.15, -0.1) is 12.6 Å². The minimum Gasteiger partial charge on any atom is -0.143 e. The van der Waals surface area contributed by atoms with E-state index in [1.54, 1.807) is 0 Å². The molecule has 0 heterocycles. The molecule has 2 heteroatoms. The van der Waals surface area contributed by atoms with Crippen LogP contribution in [0, 0.1) is 3.57 Å². The van der Waals surface area contributed by atoms with E-state index in [1.165, 1.54) is 92.6 Å². The maximum atomic E-state index is 4.46. The first-order valence-corrected chi connectivity index (χ1v) is 10.7. The van der Waals surface area contributed by atoms with Gasteiger partial charge in [-0.05, 0) is 59.2 Å². The van der Waals surface area contributed by atoms with E-state index < -0.39 is 0 Å². The Morgan fingerprint density at radius 3 is 1.73 bits per heavy atom. The molecule has 0 atom stereocenters. The normalized spacial score (nSPS) is 11.0. The smallest absolute Gasteiger partial charge is 0.0144 e. The number of aryl methyl sites for hydroxylation is 1. The van der Waals surface area contributed by atoms with Crippen LogP contribution in [-0.4, -0.2) is 0 Å². The summed E-state index contributed by atoms with van der Waals surface area (Å²) in [4.78, 5) is 1.10. The van der Waals surface area contributed by atoms with Crippen LogP contribution in [0.15, 0.2) is 23.1 Å². The van der Waals surface area contributed by atoms with Crippen molar-refractivity contribution in [1.82, 2.24) is 0 Å². The number of hydrogen-bond acceptors (Lipinski definition) is 1. The Morgan fingerprint density at radius 2 is 1.23 bits per heavy atom. The Hall–Kier alpha value is 0.300. The molecule has 126 valence electrons. The minimum atomic E-state index is 1.10. The third-order valence-corrected chi connectivity index (χ3v) is 5.14. The maximum absolute atomic E-state index is 4.46. The summed E-state index contributed by atoms with van der Waals surface area (Å²) in [5, 5.41) is 0. The third kappa shape index (κ3) is 10.9. The fourth-order valence-electron chi connectivity index (χ4n) is 2.95. The number of unbranched alkanes of at least 4 members (excludes halogenated alkanes) is 11. The lowest BCUT2D eigenvalue weighted by molar-refractivity contribution is 0.544. The molecular weight excluding hydrogens is 399 g/mol. The van der Waals surface area contributed by atoms with Gasteiger partial charge in [0.05, 0.1) is 0 Å². The van der Waals surface area contributed by atoms with Crippen LogP contribution in [0.1, 0.15) is 89.5 Å². The van der Waals surface area contributed by atoms with Gasteiger partial charge in [-0.1, -0.05) is 77.6 Å². The molecule has 0 spiro atoms. The highest BCUT2D eigenvalue weighted by atomic mass is 127. The van der Waals surface area contributed by atoms with Crippen molar-refractivity contribution >= 4 is 35.2 Å². The van der Waals surface area contributed by atoms with Gasteiger partial charge in [0.2, 0.25) is 0 Å². The zero-order valence-electron chi connectivity index (χ0n) is 14.2. The van der Waals surface area contributed by atoms with Crippen molar-refractivity contribution in [2.75, 3.05) is 0 Å². The third-order valence-electron chi connectivity index (χ3n) is 4.26. The minimum absolute atomic E-state index is 1.10. The van der Waals surface area contributed by atoms with Gasteiger partial charge in [-0.3, -0.25) is 0 Å². The molecule has 0 aliphatic rings. The van der Waals surface area contributed by atoms with Gasteiger partial charge >= 0.3 is 0 Å². The summed E-state index contributed by atoms with van der Waals surface area (Å²) in [6.07, 6.45) is 18.2. The van der Waals surface area contributed by atoms with E-state index in [0.29, 0.717) is 0 Å². The molecule has 0 radical (unpaired) electrons. The van der Waals surface area contributed by atoms with E-state index >= 15 is 0 Å². The van der Waals surface area contributed by atoms with Crippen molar-refractivity contribution in [2.45, 2.75) is 95.3 Å². The molecule has 0 aromatic heterocycles. The predicted molar refractivity (Wildman–Crippen MR) is 111 cm³/mol. The first-order chi connectivity index (χ1) is 10.7. The molecule has 0 bridgehead atoms. The van der Waals surface area contributed by atoms with Crippen LogP contribution in [0.3, 0.4) is 0 Å². The van der Waals surface area contributed by atoms with E-state index in [0.717, 1.165) is 4.90 Å². The second-order valence-corrected chi connectivity index (χ2v) is 8.22. The summed E-state index contributed by atoms with van der Waals surface area (Å²) in [5.74, 6) is 0. The number of halogens is 1. The maximum Gasteiger partial charge on any atom is 0.0144 e. The van der Waals surface area contributed by atoms with E-state index in [1.807, 2.05) is 0 Å². The predicted octanol–water partition coefficient (Wildman–Crippen LogP) is 7.82. The van der Waals surface area contributed by atoms with Crippen LogP contribution >= 0.6 is 35.2 Å². The van der Waals surface area contributed by atoms with Crippen LogP contribution in [0.4, 0.5) is 0 Å². The van der Waals surface area contributed by atoms with E-state index in [9.17, 15) is 0 Å². The zero-order valence-corrected chi connectivity index (χ0v) is 17.3. The van der Waals surface area contributed by atoms with Gasteiger partial charge in [0.1, 0.15) is 0 Å². The number of thiol groups is 1. The van der Waals surface area contributed by atoms with Crippen LogP contribution in [0.5, 0.6) is 0 Å². The van der Waals surface area contributed by atoms with Crippen molar-refractivity contribution in [3.8, 4) is 0 Å². The zero-order chi connectivity index (χ0) is 16.0. The Morgan fingerprint density at radius 1 is 0.727 bits per heavy atom. The van der Waals surface area contributed by atoms with Crippen LogP contribution in [0.25, 0.3) is 0 Å². The Labute approximate surface area is 157 Å². The Kier molecular flexibility index (Phi) is 12.7. The second-order valence-electron chi connectivity index (χ2n) is 6.46. The van der Waals surface area contributed by atoms with Crippen LogP contribution in [0.2, 0.25) is 0 Å². The standard InChI is InChI=1S/C20H33IS/c1-2-3-4-5-6-7-8-9-10-11-12-13-14-18-15-19(21)17-20(22)16-18/h15-17,22H,2-14H2,1H3. The van der Waals surface area contributed by atoms with Crippen molar-refractivity contribution in [3.63, 3.8) is 0 Å². The van der Waals surface area contributed by atoms with Gasteiger partial charge in [-0.2, -0.15) is 0 Å². The summed E-state index contributed by atoms with van der Waals surface area (Å²) in [7, 11) is 0. The lowest BCUT2D eigenvalue weighted by Gasteiger charge is -2.05. The molecule has 0 unspecified atom stereocenters. The summed E-state index contributed by atoms with van der Waals surface area (Å²) in [6, 6.07) is 6.62. The molecule has 1 rings (SSSR count). The molecule has 0 nitrogen and oxygen atoms in total. The van der Waals surface area contributed by atoms with Gasteiger partial charge in [0.25, 0.3) is 0 Å². The lowest BCUT2D eigenvalue weighted by Crippen LogP contribution is -1.88. The molecule has 1 aromatic carbocycles. The highest BCUT2D eigenvalue weighted by Gasteiger charge is 1.98. The van der Waals surface area contributed by atoms with E-state index in [2.05, 4.69) is 60.3 Å². The topological polar surface area (TPSA) is 0 Å². The number of rotatable bonds is 13. The van der Waals surface area contributed by atoms with Crippen molar-refractivity contribution in [2.24, 2.45) is 0 Å². The largest absolute Gasteiger partial charge is 0.143 e. The monoisotopic (exact) mass is 432 g/mol. The fourth-order valence-corrected chi connectivity index (χ4v) is 4.23. The van der Waals surface area contributed by atoms with Crippen LogP contribution in [-0.2, 0) is 6.42 Å². The molecule has 0 amide bonds. The molecule has 0 aliphatic heterocycles. The first kappa shape index (κ1) is 20.3. The molecule has 0 N–H and O–H groups in total. The van der Waals surface area contributed by atoms with Gasteiger partial charge in [-0.25, -0.2) is 0 Å². The average molecular weight is 432 g/mol. The van der Waals surface area contributed by atoms with Crippen molar-refractivity contribution in [3.05, 3.63) is 27.3 Å². The summed E-state index contributed by atoms with van der Waals surface area (Å²) in [5.41, 5.74) is 1.45. The van der Waals surface area contributed by atoms with Crippen molar-refractivity contribution in [1.29, 1.82) is 0 Å². The molecular formula is C20H33IS. The highest BCUT2D eigenvalue weighted by Crippen LogP contribution is 2.18. The first-order valence-electron chi connectivity index (χ1n) is 9.21. The summed E-state index contributed by atoms with van der Waals surface area (Å²) < 4.78 is 1.30. The Bertz CT molecular complexity index is 369. The van der Waals surface area contributed by atoms with Gasteiger partial charge in [0.15, 0.2) is 0 Å². The average Bonchev–Trinajstić information content (AvgIpc) is 2.47. The highest BCUT2D eigenvalue weighted by molar-refractivity contribution is 14.1.